The molecule has 0 atom stereocenters. The van der Waals surface area contributed by atoms with Crippen molar-refractivity contribution in [3.63, 3.8) is 0 Å². The minimum Gasteiger partial charge on any atom is -0.490 e. The van der Waals surface area contributed by atoms with Crippen molar-refractivity contribution in [1.82, 2.24) is 5.43 Å². The van der Waals surface area contributed by atoms with Crippen LogP contribution < -0.4 is 19.6 Å². The van der Waals surface area contributed by atoms with Crippen molar-refractivity contribution in [2.75, 3.05) is 13.2 Å². The van der Waals surface area contributed by atoms with E-state index >= 15 is 0 Å². The molecule has 0 aliphatic carbocycles. The number of amides is 1. The zero-order valence-corrected chi connectivity index (χ0v) is 18.4. The van der Waals surface area contributed by atoms with Gasteiger partial charge in [0.25, 0.3) is 5.91 Å². The van der Waals surface area contributed by atoms with E-state index in [1.165, 1.54) is 0 Å². The summed E-state index contributed by atoms with van der Waals surface area (Å²) in [4.78, 5) is 12.4. The lowest BCUT2D eigenvalue weighted by molar-refractivity contribution is 0.0954. The number of benzene rings is 3. The summed E-state index contributed by atoms with van der Waals surface area (Å²) in [5, 5.41) is 4.05. The minimum atomic E-state index is -0.327. The summed E-state index contributed by atoms with van der Waals surface area (Å²) in [6.45, 7) is 5.50. The highest BCUT2D eigenvalue weighted by Gasteiger charge is 2.11. The van der Waals surface area contributed by atoms with E-state index in [9.17, 15) is 4.79 Å². The number of rotatable bonds is 11. The lowest BCUT2D eigenvalue weighted by atomic mass is 10.2. The van der Waals surface area contributed by atoms with E-state index in [-0.39, 0.29) is 5.91 Å². The average Bonchev–Trinajstić information content (AvgIpc) is 2.83. The normalized spacial score (nSPS) is 10.7. The molecule has 3 rings (SSSR count). The highest BCUT2D eigenvalue weighted by atomic mass is 16.5. The third kappa shape index (κ3) is 6.87. The smallest absolute Gasteiger partial charge is 0.271 e. The maximum atomic E-state index is 12.4. The predicted molar refractivity (Wildman–Crippen MR) is 126 cm³/mol. The Bertz CT molecular complexity index is 1020. The van der Waals surface area contributed by atoms with E-state index in [0.717, 1.165) is 23.3 Å². The molecule has 0 aliphatic rings. The molecule has 0 saturated carbocycles. The summed E-state index contributed by atoms with van der Waals surface area (Å²) in [6, 6.07) is 22.6. The van der Waals surface area contributed by atoms with E-state index in [1.54, 1.807) is 24.4 Å². The van der Waals surface area contributed by atoms with Crippen LogP contribution in [0.25, 0.3) is 0 Å². The van der Waals surface area contributed by atoms with E-state index in [0.29, 0.717) is 36.9 Å². The second-order valence-electron chi connectivity index (χ2n) is 6.99. The van der Waals surface area contributed by atoms with Gasteiger partial charge >= 0.3 is 0 Å². The van der Waals surface area contributed by atoms with Gasteiger partial charge in [-0.3, -0.25) is 4.79 Å². The predicted octanol–water partition coefficient (Wildman–Crippen LogP) is 5.22. The van der Waals surface area contributed by atoms with Crippen LogP contribution in [0.3, 0.4) is 0 Å². The average molecular weight is 433 g/mol. The molecule has 6 nitrogen and oxygen atoms in total. The summed E-state index contributed by atoms with van der Waals surface area (Å²) in [6.07, 6.45) is 2.48. The molecule has 0 unspecified atom stereocenters. The van der Waals surface area contributed by atoms with Gasteiger partial charge in [0.1, 0.15) is 12.4 Å². The molecule has 1 N–H and O–H groups in total. The van der Waals surface area contributed by atoms with Crippen molar-refractivity contribution in [2.45, 2.75) is 26.9 Å². The molecule has 1 amide bonds. The number of nitrogens with one attached hydrogen (secondary N) is 1. The number of carbonyl (C=O) groups is 1. The second-order valence-corrected chi connectivity index (χ2v) is 6.99. The van der Waals surface area contributed by atoms with Gasteiger partial charge < -0.3 is 14.2 Å². The summed E-state index contributed by atoms with van der Waals surface area (Å²) < 4.78 is 17.0. The molecule has 0 aromatic heterocycles. The SMILES string of the molecule is CCCOc1ccc(C(=O)N/N=C/c2ccc(OCc3ccccc3)cc2)cc1OCC. The van der Waals surface area contributed by atoms with Gasteiger partial charge in [-0.05, 0) is 66.9 Å². The first-order valence-electron chi connectivity index (χ1n) is 10.7. The second kappa shape index (κ2) is 12.2. The Morgan fingerprint density at radius 2 is 1.69 bits per heavy atom. The van der Waals surface area contributed by atoms with Gasteiger partial charge in [-0.1, -0.05) is 37.3 Å². The van der Waals surface area contributed by atoms with Gasteiger partial charge in [-0.25, -0.2) is 5.43 Å². The number of hydrazone groups is 1. The van der Waals surface area contributed by atoms with Gasteiger partial charge in [0.2, 0.25) is 0 Å². The molecule has 0 bridgehead atoms. The third-order valence-corrected chi connectivity index (χ3v) is 4.48. The van der Waals surface area contributed by atoms with Crippen molar-refractivity contribution >= 4 is 12.1 Å². The zero-order chi connectivity index (χ0) is 22.6. The van der Waals surface area contributed by atoms with Crippen LogP contribution in [0.2, 0.25) is 0 Å². The Kier molecular flexibility index (Phi) is 8.69. The number of carbonyl (C=O) groups excluding carboxylic acids is 1. The molecule has 166 valence electrons. The van der Waals surface area contributed by atoms with Gasteiger partial charge in [-0.15, -0.1) is 0 Å². The molecule has 0 heterocycles. The summed E-state index contributed by atoms with van der Waals surface area (Å²) in [5.74, 6) is 1.61. The zero-order valence-electron chi connectivity index (χ0n) is 18.4. The molecule has 3 aromatic carbocycles. The molecular weight excluding hydrogens is 404 g/mol. The van der Waals surface area contributed by atoms with Crippen molar-refractivity contribution in [3.05, 3.63) is 89.5 Å². The highest BCUT2D eigenvalue weighted by molar-refractivity contribution is 5.95. The molecule has 0 aliphatic heterocycles. The van der Waals surface area contributed by atoms with Gasteiger partial charge in [0.15, 0.2) is 11.5 Å². The highest BCUT2D eigenvalue weighted by Crippen LogP contribution is 2.28. The number of hydrogen-bond acceptors (Lipinski definition) is 5. The molecule has 0 radical (unpaired) electrons. The quantitative estimate of drug-likeness (QED) is 0.333. The fraction of sp³-hybridized carbons (Fsp3) is 0.231. The summed E-state index contributed by atoms with van der Waals surface area (Å²) in [5.41, 5.74) is 4.94. The fourth-order valence-electron chi connectivity index (χ4n) is 2.87. The van der Waals surface area contributed by atoms with Crippen LogP contribution in [0.4, 0.5) is 0 Å². The Balaban J connectivity index is 1.54. The third-order valence-electron chi connectivity index (χ3n) is 4.48. The standard InChI is InChI=1S/C26H28N2O4/c1-3-16-31-24-15-12-22(17-25(24)30-4-2)26(29)28-27-18-20-10-13-23(14-11-20)32-19-21-8-6-5-7-9-21/h5-15,17-18H,3-4,16,19H2,1-2H3,(H,28,29)/b27-18+. The van der Waals surface area contributed by atoms with Crippen LogP contribution in [-0.2, 0) is 6.61 Å². The molecule has 0 saturated heterocycles. The van der Waals surface area contributed by atoms with E-state index in [4.69, 9.17) is 14.2 Å². The Morgan fingerprint density at radius 3 is 2.41 bits per heavy atom. The largest absolute Gasteiger partial charge is 0.490 e. The van der Waals surface area contributed by atoms with E-state index in [2.05, 4.69) is 10.5 Å². The fourth-order valence-corrected chi connectivity index (χ4v) is 2.87. The first kappa shape index (κ1) is 22.9. The minimum absolute atomic E-state index is 0.327. The van der Waals surface area contributed by atoms with Crippen LogP contribution >= 0.6 is 0 Å². The van der Waals surface area contributed by atoms with Crippen molar-refractivity contribution in [1.29, 1.82) is 0 Å². The van der Waals surface area contributed by atoms with Crippen molar-refractivity contribution < 1.29 is 19.0 Å². The molecule has 3 aromatic rings. The maximum Gasteiger partial charge on any atom is 0.271 e. The van der Waals surface area contributed by atoms with E-state index in [1.807, 2.05) is 68.4 Å². The Hall–Kier alpha value is -3.80. The van der Waals surface area contributed by atoms with Crippen LogP contribution in [0, 0.1) is 0 Å². The molecular formula is C26H28N2O4. The number of nitrogens with zero attached hydrogens (tertiary/aromatic N) is 1. The Labute approximate surface area is 188 Å². The first-order chi connectivity index (χ1) is 15.7. The van der Waals surface area contributed by atoms with Crippen LogP contribution in [0.5, 0.6) is 17.2 Å². The molecule has 6 heteroatoms. The van der Waals surface area contributed by atoms with Gasteiger partial charge in [-0.2, -0.15) is 5.10 Å². The van der Waals surface area contributed by atoms with Crippen molar-refractivity contribution in [2.24, 2.45) is 5.10 Å². The first-order valence-corrected chi connectivity index (χ1v) is 10.7. The number of ether oxygens (including phenoxy) is 3. The molecule has 32 heavy (non-hydrogen) atoms. The Morgan fingerprint density at radius 1 is 0.906 bits per heavy atom. The monoisotopic (exact) mass is 432 g/mol. The summed E-state index contributed by atoms with van der Waals surface area (Å²) in [7, 11) is 0. The molecule has 0 spiro atoms. The topological polar surface area (TPSA) is 69.2 Å². The van der Waals surface area contributed by atoms with Gasteiger partial charge in [0.05, 0.1) is 19.4 Å². The van der Waals surface area contributed by atoms with Gasteiger partial charge in [0, 0.05) is 5.56 Å². The lowest BCUT2D eigenvalue weighted by Gasteiger charge is -2.12. The van der Waals surface area contributed by atoms with Crippen LogP contribution in [0.15, 0.2) is 77.9 Å². The van der Waals surface area contributed by atoms with Crippen LogP contribution in [0.1, 0.15) is 41.8 Å². The van der Waals surface area contributed by atoms with Crippen molar-refractivity contribution in [3.8, 4) is 17.2 Å². The lowest BCUT2D eigenvalue weighted by Crippen LogP contribution is -2.17. The maximum absolute atomic E-state index is 12.4. The number of hydrogen-bond donors (Lipinski definition) is 1. The van der Waals surface area contributed by atoms with Crippen LogP contribution in [-0.4, -0.2) is 25.3 Å². The molecule has 0 fully saturated rings. The summed E-state index contributed by atoms with van der Waals surface area (Å²) >= 11 is 0. The van der Waals surface area contributed by atoms with E-state index < -0.39 is 0 Å².